The van der Waals surface area contributed by atoms with Gasteiger partial charge in [-0.25, -0.2) is 9.48 Å². The molecular formula is C13H17N5O3S. The third-order valence-electron chi connectivity index (χ3n) is 3.05. The molecule has 2 aromatic rings. The molecule has 9 heteroatoms. The number of nitrogens with zero attached hydrogens (tertiary/aromatic N) is 4. The highest BCUT2D eigenvalue weighted by atomic mass is 32.2. The summed E-state index contributed by atoms with van der Waals surface area (Å²) in [5, 5.41) is 11.6. The molecule has 0 saturated carbocycles. The highest BCUT2D eigenvalue weighted by molar-refractivity contribution is 7.99. The quantitative estimate of drug-likeness (QED) is 0.485. The number of nitrogens with one attached hydrogen (secondary N) is 1. The molecule has 0 radical (unpaired) electrons. The minimum Gasteiger partial charge on any atom is -0.462 e. The van der Waals surface area contributed by atoms with Crippen molar-refractivity contribution in [3.05, 3.63) is 22.5 Å². The molecule has 0 saturated heterocycles. The zero-order valence-electron chi connectivity index (χ0n) is 12.8. The number of carbonyl (C=O) groups is 2. The number of hydrogen-bond donors (Lipinski definition) is 1. The minimum atomic E-state index is -0.488. The van der Waals surface area contributed by atoms with Crippen LogP contribution in [-0.2, 0) is 11.8 Å². The predicted octanol–water partition coefficient (Wildman–Crippen LogP) is 1.31. The fraction of sp³-hybridized carbons (Fsp3) is 0.462. The Kier molecular flexibility index (Phi) is 4.96. The Morgan fingerprint density at radius 3 is 2.55 bits per heavy atom. The van der Waals surface area contributed by atoms with Crippen LogP contribution in [-0.4, -0.2) is 49.3 Å². The lowest BCUT2D eigenvalue weighted by Gasteiger charge is -2.05. The average molecular weight is 323 g/mol. The van der Waals surface area contributed by atoms with Gasteiger partial charge in [-0.3, -0.25) is 4.79 Å². The van der Waals surface area contributed by atoms with Crippen LogP contribution in [0.5, 0.6) is 0 Å². The Hall–Kier alpha value is -2.16. The Morgan fingerprint density at radius 2 is 1.95 bits per heavy atom. The maximum atomic E-state index is 12.5. The van der Waals surface area contributed by atoms with Crippen LogP contribution in [0.25, 0.3) is 0 Å². The van der Waals surface area contributed by atoms with Gasteiger partial charge in [-0.2, -0.15) is 0 Å². The van der Waals surface area contributed by atoms with Crippen molar-refractivity contribution in [2.45, 2.75) is 25.9 Å². The number of aryl methyl sites for hydroxylation is 3. The van der Waals surface area contributed by atoms with E-state index in [1.807, 2.05) is 0 Å². The van der Waals surface area contributed by atoms with Crippen LogP contribution >= 0.6 is 11.8 Å². The van der Waals surface area contributed by atoms with Gasteiger partial charge >= 0.3 is 5.97 Å². The fourth-order valence-corrected chi connectivity index (χ4v) is 2.86. The van der Waals surface area contributed by atoms with Gasteiger partial charge in [0.15, 0.2) is 5.78 Å². The zero-order valence-corrected chi connectivity index (χ0v) is 13.7. The molecule has 0 unspecified atom stereocenters. The van der Waals surface area contributed by atoms with Crippen molar-refractivity contribution in [1.29, 1.82) is 0 Å². The third-order valence-corrected chi connectivity index (χ3v) is 4.06. The number of hydrogen-bond acceptors (Lipinski definition) is 7. The van der Waals surface area contributed by atoms with E-state index >= 15 is 0 Å². The van der Waals surface area contributed by atoms with Crippen LogP contribution in [0, 0.1) is 13.8 Å². The van der Waals surface area contributed by atoms with E-state index in [1.54, 1.807) is 27.8 Å². The maximum absolute atomic E-state index is 12.5. The van der Waals surface area contributed by atoms with Crippen molar-refractivity contribution in [3.8, 4) is 0 Å². The van der Waals surface area contributed by atoms with Crippen molar-refractivity contribution < 1.29 is 14.3 Å². The molecule has 0 fully saturated rings. The molecule has 1 N–H and O–H groups in total. The molecule has 0 aromatic carbocycles. The topological polar surface area (TPSA) is 103 Å². The second-order valence-corrected chi connectivity index (χ2v) is 5.58. The third kappa shape index (κ3) is 3.19. The lowest BCUT2D eigenvalue weighted by atomic mass is 10.1. The summed E-state index contributed by atoms with van der Waals surface area (Å²) in [6.07, 6.45) is 0. The van der Waals surface area contributed by atoms with Gasteiger partial charge in [-0.05, 0) is 31.2 Å². The SMILES string of the molecule is CCOC(=O)c1c(C)[nH]c(C)c1C(=O)CSc1nnnn1C. The molecule has 0 atom stereocenters. The van der Waals surface area contributed by atoms with Gasteiger partial charge in [0, 0.05) is 18.4 Å². The van der Waals surface area contributed by atoms with Crippen molar-refractivity contribution in [1.82, 2.24) is 25.2 Å². The number of aromatic nitrogens is 5. The summed E-state index contributed by atoms with van der Waals surface area (Å²) in [4.78, 5) is 27.6. The van der Waals surface area contributed by atoms with Gasteiger partial charge in [0.05, 0.1) is 23.5 Å². The number of Topliss-reactive ketones (excluding diaryl/α,β-unsaturated/α-hetero) is 1. The molecular weight excluding hydrogens is 306 g/mol. The van der Waals surface area contributed by atoms with E-state index < -0.39 is 5.97 Å². The van der Waals surface area contributed by atoms with E-state index in [-0.39, 0.29) is 18.1 Å². The maximum Gasteiger partial charge on any atom is 0.340 e. The number of thioether (sulfide) groups is 1. The number of tetrazole rings is 1. The van der Waals surface area contributed by atoms with E-state index in [9.17, 15) is 9.59 Å². The summed E-state index contributed by atoms with van der Waals surface area (Å²) in [7, 11) is 1.70. The Bertz CT molecular complexity index is 707. The molecule has 2 rings (SSSR count). The lowest BCUT2D eigenvalue weighted by Crippen LogP contribution is -2.13. The first kappa shape index (κ1) is 16.2. The molecule has 22 heavy (non-hydrogen) atoms. The number of rotatable bonds is 6. The van der Waals surface area contributed by atoms with Crippen molar-refractivity contribution >= 4 is 23.5 Å². The largest absolute Gasteiger partial charge is 0.462 e. The summed E-state index contributed by atoms with van der Waals surface area (Å²) < 4.78 is 6.51. The summed E-state index contributed by atoms with van der Waals surface area (Å²) in [5.41, 5.74) is 1.96. The van der Waals surface area contributed by atoms with Crippen molar-refractivity contribution in [2.24, 2.45) is 7.05 Å². The van der Waals surface area contributed by atoms with E-state index in [0.717, 1.165) is 0 Å². The molecule has 0 aliphatic rings. The second kappa shape index (κ2) is 6.73. The predicted molar refractivity (Wildman–Crippen MR) is 80.1 cm³/mol. The Labute approximate surface area is 131 Å². The Balaban J connectivity index is 2.22. The van der Waals surface area contributed by atoms with Gasteiger partial charge in [-0.15, -0.1) is 5.10 Å². The molecule has 2 heterocycles. The molecule has 0 amide bonds. The standard InChI is InChI=1S/C13H17N5O3S/c1-5-21-12(20)11-8(3)14-7(2)10(11)9(19)6-22-13-15-16-17-18(13)4/h14H,5-6H2,1-4H3. The monoisotopic (exact) mass is 323 g/mol. The first-order valence-electron chi connectivity index (χ1n) is 6.70. The average Bonchev–Trinajstić information content (AvgIpc) is 2.99. The van der Waals surface area contributed by atoms with Crippen molar-refractivity contribution in [3.63, 3.8) is 0 Å². The fourth-order valence-electron chi connectivity index (χ4n) is 2.13. The number of carbonyl (C=O) groups excluding carboxylic acids is 2. The van der Waals surface area contributed by atoms with E-state index in [4.69, 9.17) is 4.74 Å². The molecule has 118 valence electrons. The number of H-pyrrole nitrogens is 1. The van der Waals surface area contributed by atoms with E-state index in [0.29, 0.717) is 27.7 Å². The number of ketones is 1. The smallest absolute Gasteiger partial charge is 0.340 e. The van der Waals surface area contributed by atoms with Gasteiger partial charge < -0.3 is 9.72 Å². The van der Waals surface area contributed by atoms with Gasteiger partial charge in [0.2, 0.25) is 5.16 Å². The zero-order chi connectivity index (χ0) is 16.3. The van der Waals surface area contributed by atoms with E-state index in [1.165, 1.54) is 16.4 Å². The summed E-state index contributed by atoms with van der Waals surface area (Å²) in [5.74, 6) is -0.519. The van der Waals surface area contributed by atoms with E-state index in [2.05, 4.69) is 20.5 Å². The van der Waals surface area contributed by atoms with Gasteiger partial charge in [0.25, 0.3) is 0 Å². The summed E-state index contributed by atoms with van der Waals surface area (Å²) in [6.45, 7) is 5.49. The highest BCUT2D eigenvalue weighted by Crippen LogP contribution is 2.23. The highest BCUT2D eigenvalue weighted by Gasteiger charge is 2.25. The number of ether oxygens (including phenoxy) is 1. The molecule has 0 bridgehead atoms. The molecule has 8 nitrogen and oxygen atoms in total. The van der Waals surface area contributed by atoms with Crippen LogP contribution < -0.4 is 0 Å². The first-order valence-corrected chi connectivity index (χ1v) is 7.68. The number of aromatic amines is 1. The van der Waals surface area contributed by atoms with Gasteiger partial charge in [0.1, 0.15) is 0 Å². The number of esters is 1. The molecule has 2 aromatic heterocycles. The second-order valence-electron chi connectivity index (χ2n) is 4.64. The molecule has 0 spiro atoms. The first-order chi connectivity index (χ1) is 10.5. The minimum absolute atomic E-state index is 0.138. The Morgan fingerprint density at radius 1 is 1.27 bits per heavy atom. The summed E-state index contributed by atoms with van der Waals surface area (Å²) >= 11 is 1.22. The van der Waals surface area contributed by atoms with Crippen molar-refractivity contribution in [2.75, 3.05) is 12.4 Å². The summed E-state index contributed by atoms with van der Waals surface area (Å²) in [6, 6.07) is 0. The van der Waals surface area contributed by atoms with Crippen LogP contribution in [0.2, 0.25) is 0 Å². The lowest BCUT2D eigenvalue weighted by molar-refractivity contribution is 0.0522. The molecule has 0 aliphatic heterocycles. The van der Waals surface area contributed by atoms with Crippen LogP contribution in [0.15, 0.2) is 5.16 Å². The van der Waals surface area contributed by atoms with Crippen LogP contribution in [0.3, 0.4) is 0 Å². The van der Waals surface area contributed by atoms with Crippen LogP contribution in [0.4, 0.5) is 0 Å². The van der Waals surface area contributed by atoms with Crippen LogP contribution in [0.1, 0.15) is 39.0 Å². The van der Waals surface area contributed by atoms with Gasteiger partial charge in [-0.1, -0.05) is 11.8 Å². The normalized spacial score (nSPS) is 10.7. The molecule has 0 aliphatic carbocycles.